The van der Waals surface area contributed by atoms with Crippen molar-refractivity contribution in [2.75, 3.05) is 6.54 Å². The fourth-order valence-electron chi connectivity index (χ4n) is 1.50. The van der Waals surface area contributed by atoms with E-state index in [9.17, 15) is 0 Å². The zero-order chi connectivity index (χ0) is 12.1. The highest BCUT2D eigenvalue weighted by Gasteiger charge is 2.12. The third-order valence-electron chi connectivity index (χ3n) is 2.30. The van der Waals surface area contributed by atoms with Gasteiger partial charge in [0.2, 0.25) is 0 Å². The van der Waals surface area contributed by atoms with E-state index in [4.69, 9.17) is 11.6 Å². The van der Waals surface area contributed by atoms with Crippen LogP contribution in [0.5, 0.6) is 0 Å². The lowest BCUT2D eigenvalue weighted by Gasteiger charge is -2.06. The molecule has 0 amide bonds. The van der Waals surface area contributed by atoms with Gasteiger partial charge < -0.3 is 5.32 Å². The van der Waals surface area contributed by atoms with Crippen LogP contribution in [0.1, 0.15) is 25.2 Å². The van der Waals surface area contributed by atoms with E-state index in [0.717, 1.165) is 35.4 Å². The van der Waals surface area contributed by atoms with Crippen molar-refractivity contribution in [1.82, 2.24) is 15.1 Å². The molecule has 1 rings (SSSR count). The minimum absolute atomic E-state index is 0.615. The van der Waals surface area contributed by atoms with Crippen LogP contribution in [0.3, 0.4) is 0 Å². The fraction of sp³-hybridized carbons (Fsp3) is 0.545. The average Bonchev–Trinajstić information content (AvgIpc) is 2.55. The Labute approximate surface area is 110 Å². The molecule has 0 atom stereocenters. The molecular weight excluding hydrogens is 289 g/mol. The van der Waals surface area contributed by atoms with Crippen LogP contribution < -0.4 is 5.32 Å². The summed E-state index contributed by atoms with van der Waals surface area (Å²) in [6.45, 7) is 10.1. The highest BCUT2D eigenvalue weighted by atomic mass is 79.9. The lowest BCUT2D eigenvalue weighted by atomic mass is 10.3. The van der Waals surface area contributed by atoms with E-state index in [1.807, 2.05) is 4.68 Å². The molecule has 0 bridgehead atoms. The van der Waals surface area contributed by atoms with Gasteiger partial charge in [0.15, 0.2) is 0 Å². The van der Waals surface area contributed by atoms with Crippen LogP contribution in [0.4, 0.5) is 0 Å². The summed E-state index contributed by atoms with van der Waals surface area (Å²) in [5.41, 5.74) is 2.26. The molecule has 0 aromatic carbocycles. The summed E-state index contributed by atoms with van der Waals surface area (Å²) in [6.07, 6.45) is 0.933. The summed E-state index contributed by atoms with van der Waals surface area (Å²) < 4.78 is 3.11. The van der Waals surface area contributed by atoms with Gasteiger partial charge in [-0.3, -0.25) is 4.68 Å². The number of rotatable bonds is 6. The summed E-state index contributed by atoms with van der Waals surface area (Å²) in [4.78, 5) is 0. The molecule has 0 aliphatic carbocycles. The van der Waals surface area contributed by atoms with Crippen LogP contribution in [0.25, 0.3) is 0 Å². The predicted molar refractivity (Wildman–Crippen MR) is 71.7 cm³/mol. The first-order valence-electron chi connectivity index (χ1n) is 5.38. The number of hydrogen-bond donors (Lipinski definition) is 1. The Morgan fingerprint density at radius 2 is 2.25 bits per heavy atom. The Bertz CT molecular complexity index is 374. The molecular formula is C11H17BrClN3. The van der Waals surface area contributed by atoms with Gasteiger partial charge in [-0.2, -0.15) is 5.10 Å². The molecule has 0 saturated carbocycles. The van der Waals surface area contributed by atoms with E-state index in [0.29, 0.717) is 11.6 Å². The quantitative estimate of drug-likeness (QED) is 0.875. The average molecular weight is 307 g/mol. The van der Waals surface area contributed by atoms with Crippen molar-refractivity contribution in [3.63, 3.8) is 0 Å². The molecule has 0 spiro atoms. The minimum Gasteiger partial charge on any atom is -0.306 e. The van der Waals surface area contributed by atoms with Crippen LogP contribution in [0, 0.1) is 0 Å². The van der Waals surface area contributed by atoms with Crippen molar-refractivity contribution >= 4 is 27.5 Å². The first kappa shape index (κ1) is 13.7. The molecule has 3 nitrogen and oxygen atoms in total. The van der Waals surface area contributed by atoms with Gasteiger partial charge in [0.1, 0.15) is 0 Å². The Morgan fingerprint density at radius 1 is 1.56 bits per heavy atom. The molecule has 0 fully saturated rings. The predicted octanol–water partition coefficient (Wildman–Crippen LogP) is 3.07. The largest absolute Gasteiger partial charge is 0.306 e. The number of aromatic nitrogens is 2. The Morgan fingerprint density at radius 3 is 2.75 bits per heavy atom. The maximum absolute atomic E-state index is 5.70. The van der Waals surface area contributed by atoms with E-state index in [1.165, 1.54) is 0 Å². The molecule has 1 aromatic heterocycles. The highest BCUT2D eigenvalue weighted by molar-refractivity contribution is 9.10. The number of hydrogen-bond acceptors (Lipinski definition) is 2. The Balaban J connectivity index is 2.76. The Hall–Kier alpha value is -0.320. The number of nitrogens with zero attached hydrogens (tertiary/aromatic N) is 2. The molecule has 0 aliphatic heterocycles. The van der Waals surface area contributed by atoms with Crippen LogP contribution in [-0.2, 0) is 19.5 Å². The summed E-state index contributed by atoms with van der Waals surface area (Å²) in [5, 5.41) is 8.37. The Kier molecular flexibility index (Phi) is 5.52. The van der Waals surface area contributed by atoms with Crippen molar-refractivity contribution in [2.24, 2.45) is 0 Å². The van der Waals surface area contributed by atoms with Crippen molar-refractivity contribution < 1.29 is 0 Å². The lowest BCUT2D eigenvalue weighted by Crippen LogP contribution is -2.18. The van der Waals surface area contributed by atoms with Gasteiger partial charge in [0, 0.05) is 24.7 Å². The molecule has 0 aliphatic rings. The fourth-order valence-corrected chi connectivity index (χ4v) is 2.30. The first-order chi connectivity index (χ1) is 7.60. The zero-order valence-electron chi connectivity index (χ0n) is 9.69. The van der Waals surface area contributed by atoms with E-state index in [-0.39, 0.29) is 0 Å². The smallest absolute Gasteiger partial charge is 0.0767 e. The van der Waals surface area contributed by atoms with Crippen molar-refractivity contribution in [3.8, 4) is 0 Å². The maximum atomic E-state index is 5.70. The van der Waals surface area contributed by atoms with Gasteiger partial charge in [0.05, 0.1) is 15.9 Å². The molecule has 5 heteroatoms. The van der Waals surface area contributed by atoms with Crippen LogP contribution in [-0.4, -0.2) is 16.3 Å². The second-order valence-electron chi connectivity index (χ2n) is 3.50. The van der Waals surface area contributed by atoms with Crippen molar-refractivity contribution in [2.45, 2.75) is 33.4 Å². The van der Waals surface area contributed by atoms with Gasteiger partial charge in [-0.1, -0.05) is 25.1 Å². The summed E-state index contributed by atoms with van der Waals surface area (Å²) in [6, 6.07) is 0. The zero-order valence-corrected chi connectivity index (χ0v) is 12.0. The lowest BCUT2D eigenvalue weighted by molar-refractivity contribution is 0.589. The third-order valence-corrected chi connectivity index (χ3v) is 3.35. The SMILES string of the molecule is C=C(Cl)CNCc1c(Br)c(CC)nn1CC. The number of halogens is 2. The van der Waals surface area contributed by atoms with Crippen LogP contribution in [0.2, 0.25) is 0 Å². The topological polar surface area (TPSA) is 29.9 Å². The minimum atomic E-state index is 0.615. The van der Waals surface area contributed by atoms with E-state index in [1.54, 1.807) is 0 Å². The van der Waals surface area contributed by atoms with Crippen LogP contribution in [0.15, 0.2) is 16.1 Å². The molecule has 90 valence electrons. The monoisotopic (exact) mass is 305 g/mol. The molecule has 1 N–H and O–H groups in total. The van der Waals surface area contributed by atoms with Gasteiger partial charge in [-0.25, -0.2) is 0 Å². The van der Waals surface area contributed by atoms with Crippen LogP contribution >= 0.6 is 27.5 Å². The molecule has 0 saturated heterocycles. The van der Waals surface area contributed by atoms with E-state index >= 15 is 0 Å². The van der Waals surface area contributed by atoms with Gasteiger partial charge in [-0.05, 0) is 29.3 Å². The molecule has 16 heavy (non-hydrogen) atoms. The van der Waals surface area contributed by atoms with Gasteiger partial charge in [-0.15, -0.1) is 0 Å². The molecule has 1 heterocycles. The summed E-state index contributed by atoms with van der Waals surface area (Å²) in [7, 11) is 0. The standard InChI is InChI=1S/C11H17BrClN3/c1-4-9-11(12)10(16(5-2)15-9)7-14-6-8(3)13/h14H,3-7H2,1-2H3. The van der Waals surface area contributed by atoms with Crippen molar-refractivity contribution in [1.29, 1.82) is 0 Å². The number of aryl methyl sites for hydroxylation is 2. The summed E-state index contributed by atoms with van der Waals surface area (Å²) in [5.74, 6) is 0. The highest BCUT2D eigenvalue weighted by Crippen LogP contribution is 2.22. The molecule has 0 radical (unpaired) electrons. The summed E-state index contributed by atoms with van der Waals surface area (Å²) >= 11 is 9.29. The first-order valence-corrected chi connectivity index (χ1v) is 6.55. The second-order valence-corrected chi connectivity index (χ2v) is 4.83. The maximum Gasteiger partial charge on any atom is 0.0767 e. The molecule has 0 unspecified atom stereocenters. The third kappa shape index (κ3) is 3.34. The van der Waals surface area contributed by atoms with E-state index < -0.39 is 0 Å². The van der Waals surface area contributed by atoms with Crippen molar-refractivity contribution in [3.05, 3.63) is 27.5 Å². The normalized spacial score (nSPS) is 10.8. The van der Waals surface area contributed by atoms with Gasteiger partial charge in [0.25, 0.3) is 0 Å². The number of nitrogens with one attached hydrogen (secondary N) is 1. The van der Waals surface area contributed by atoms with Gasteiger partial charge >= 0.3 is 0 Å². The second kappa shape index (κ2) is 6.42. The van der Waals surface area contributed by atoms with E-state index in [2.05, 4.69) is 46.8 Å². The molecule has 1 aromatic rings.